The molecule has 3 aromatic rings. The van der Waals surface area contributed by atoms with Gasteiger partial charge in [0.1, 0.15) is 10.9 Å². The molecule has 1 aromatic carbocycles. The Morgan fingerprint density at radius 1 is 1.43 bits per heavy atom. The Bertz CT molecular complexity index is 1130. The molecule has 2 atom stereocenters. The number of anilines is 1. The Morgan fingerprint density at radius 2 is 2.21 bits per heavy atom. The minimum absolute atomic E-state index is 0.137. The Labute approximate surface area is 172 Å². The summed E-state index contributed by atoms with van der Waals surface area (Å²) in [4.78, 5) is 32.4. The Morgan fingerprint density at radius 3 is 2.96 bits per heavy atom. The quantitative estimate of drug-likeness (QED) is 0.671. The van der Waals surface area contributed by atoms with E-state index in [1.54, 1.807) is 30.4 Å². The zero-order valence-electron chi connectivity index (χ0n) is 16.1. The maximum atomic E-state index is 13.2. The molecular formula is C21H22ClN3O2S. The highest BCUT2D eigenvalue weighted by atomic mass is 35.5. The molecule has 1 aliphatic rings. The first kappa shape index (κ1) is 19.2. The van der Waals surface area contributed by atoms with Crippen molar-refractivity contribution in [3.8, 4) is 0 Å². The van der Waals surface area contributed by atoms with E-state index >= 15 is 0 Å². The predicted molar refractivity (Wildman–Crippen MR) is 115 cm³/mol. The van der Waals surface area contributed by atoms with Crippen molar-refractivity contribution in [1.29, 1.82) is 0 Å². The number of hydrogen-bond acceptors (Lipinski definition) is 4. The molecule has 1 amide bonds. The second kappa shape index (κ2) is 7.33. The van der Waals surface area contributed by atoms with E-state index in [1.165, 1.54) is 15.8 Å². The van der Waals surface area contributed by atoms with Crippen LogP contribution < -0.4 is 10.9 Å². The van der Waals surface area contributed by atoms with Crippen molar-refractivity contribution in [3.63, 3.8) is 0 Å². The molecule has 4 rings (SSSR count). The third-order valence-corrected chi connectivity index (χ3v) is 7.05. The highest BCUT2D eigenvalue weighted by Crippen LogP contribution is 2.35. The molecule has 7 heteroatoms. The fourth-order valence-corrected chi connectivity index (χ4v) is 5.19. The van der Waals surface area contributed by atoms with Crippen LogP contribution in [-0.2, 0) is 17.6 Å². The van der Waals surface area contributed by atoms with E-state index in [1.807, 2.05) is 13.0 Å². The number of halogens is 1. The molecule has 1 N–H and O–H groups in total. The van der Waals surface area contributed by atoms with Crippen molar-refractivity contribution in [2.45, 2.75) is 46.1 Å². The Hall–Kier alpha value is -2.18. The molecule has 28 heavy (non-hydrogen) atoms. The Kier molecular flexibility index (Phi) is 5.02. The highest BCUT2D eigenvalue weighted by Gasteiger charge is 2.25. The van der Waals surface area contributed by atoms with E-state index in [-0.39, 0.29) is 11.5 Å². The topological polar surface area (TPSA) is 64.0 Å². The predicted octanol–water partition coefficient (Wildman–Crippen LogP) is 4.74. The van der Waals surface area contributed by atoms with Crippen LogP contribution in [0.2, 0.25) is 5.02 Å². The number of amides is 1. The summed E-state index contributed by atoms with van der Waals surface area (Å²) in [5.74, 6) is 0.356. The van der Waals surface area contributed by atoms with Crippen LogP contribution in [0.15, 0.2) is 29.3 Å². The lowest BCUT2D eigenvalue weighted by Gasteiger charge is -2.18. The number of aromatic nitrogens is 2. The molecule has 0 bridgehead atoms. The largest absolute Gasteiger partial charge is 0.324 e. The number of nitrogens with zero attached hydrogens (tertiary/aromatic N) is 2. The van der Waals surface area contributed by atoms with Gasteiger partial charge in [-0.1, -0.05) is 24.6 Å². The van der Waals surface area contributed by atoms with Crippen LogP contribution in [-0.4, -0.2) is 15.5 Å². The van der Waals surface area contributed by atoms with Gasteiger partial charge in [-0.15, -0.1) is 11.3 Å². The molecule has 0 saturated heterocycles. The standard InChI is InChI=1S/C21H22ClN3O2S/c1-11-4-7-15-17(8-11)28-20-18(15)21(27)25(10-23-20)13(3)19(26)24-14-6-5-12(2)16(22)9-14/h5-6,9-11,13H,4,7-8H2,1-3H3,(H,24,26). The summed E-state index contributed by atoms with van der Waals surface area (Å²) in [5, 5.41) is 4.11. The van der Waals surface area contributed by atoms with Gasteiger partial charge in [0.05, 0.1) is 11.7 Å². The zero-order valence-corrected chi connectivity index (χ0v) is 17.7. The maximum absolute atomic E-state index is 13.2. The summed E-state index contributed by atoms with van der Waals surface area (Å²) >= 11 is 7.75. The summed E-state index contributed by atoms with van der Waals surface area (Å²) < 4.78 is 1.43. The van der Waals surface area contributed by atoms with Gasteiger partial charge in [0.15, 0.2) is 0 Å². The highest BCUT2D eigenvalue weighted by molar-refractivity contribution is 7.18. The number of benzene rings is 1. The van der Waals surface area contributed by atoms with Gasteiger partial charge >= 0.3 is 0 Å². The summed E-state index contributed by atoms with van der Waals surface area (Å²) in [6.45, 7) is 5.85. The number of nitrogens with one attached hydrogen (secondary N) is 1. The second-order valence-corrected chi connectivity index (χ2v) is 9.11. The van der Waals surface area contributed by atoms with E-state index in [9.17, 15) is 9.59 Å². The molecule has 146 valence electrons. The maximum Gasteiger partial charge on any atom is 0.263 e. The number of hydrogen-bond donors (Lipinski definition) is 1. The van der Waals surface area contributed by atoms with Crippen LogP contribution in [0.3, 0.4) is 0 Å². The average molecular weight is 416 g/mol. The number of fused-ring (bicyclic) bond motifs is 3. The summed E-state index contributed by atoms with van der Waals surface area (Å²) in [5.41, 5.74) is 2.54. The van der Waals surface area contributed by atoms with Gasteiger partial charge in [0.25, 0.3) is 5.56 Å². The number of aryl methyl sites for hydroxylation is 2. The second-order valence-electron chi connectivity index (χ2n) is 7.62. The SMILES string of the molecule is Cc1ccc(NC(=O)C(C)n2cnc3sc4c(c3c2=O)CCC(C)C4)cc1Cl. The number of thiophene rings is 1. The molecule has 0 aliphatic heterocycles. The molecule has 2 heterocycles. The first-order chi connectivity index (χ1) is 13.3. The van der Waals surface area contributed by atoms with Gasteiger partial charge in [-0.05, 0) is 62.3 Å². The van der Waals surface area contributed by atoms with Gasteiger partial charge in [-0.3, -0.25) is 14.2 Å². The van der Waals surface area contributed by atoms with Gasteiger partial charge in [-0.2, -0.15) is 0 Å². The molecule has 0 spiro atoms. The fourth-order valence-electron chi connectivity index (χ4n) is 3.66. The molecule has 2 unspecified atom stereocenters. The van der Waals surface area contributed by atoms with Crippen LogP contribution in [0.4, 0.5) is 5.69 Å². The van der Waals surface area contributed by atoms with Crippen molar-refractivity contribution >= 4 is 44.7 Å². The lowest BCUT2D eigenvalue weighted by Crippen LogP contribution is -2.32. The van der Waals surface area contributed by atoms with Crippen molar-refractivity contribution in [2.75, 3.05) is 5.32 Å². The fraction of sp³-hybridized carbons (Fsp3) is 0.381. The Balaban J connectivity index is 1.66. The molecule has 0 saturated carbocycles. The van der Waals surface area contributed by atoms with Gasteiger partial charge in [-0.25, -0.2) is 4.98 Å². The molecule has 2 aromatic heterocycles. The number of rotatable bonds is 3. The van der Waals surface area contributed by atoms with Gasteiger partial charge in [0.2, 0.25) is 5.91 Å². The third-order valence-electron chi connectivity index (χ3n) is 5.48. The smallest absolute Gasteiger partial charge is 0.263 e. The van der Waals surface area contributed by atoms with Crippen LogP contribution in [0.5, 0.6) is 0 Å². The summed E-state index contributed by atoms with van der Waals surface area (Å²) in [7, 11) is 0. The van der Waals surface area contributed by atoms with E-state index in [0.717, 1.165) is 35.2 Å². The van der Waals surface area contributed by atoms with E-state index in [2.05, 4.69) is 17.2 Å². The van der Waals surface area contributed by atoms with E-state index in [4.69, 9.17) is 11.6 Å². The van der Waals surface area contributed by atoms with Crippen LogP contribution in [0.1, 0.15) is 42.3 Å². The number of carbonyl (C=O) groups is 1. The lowest BCUT2D eigenvalue weighted by atomic mass is 9.89. The van der Waals surface area contributed by atoms with E-state index < -0.39 is 6.04 Å². The van der Waals surface area contributed by atoms with Crippen molar-refractivity contribution in [2.24, 2.45) is 5.92 Å². The third kappa shape index (κ3) is 3.35. The van der Waals surface area contributed by atoms with E-state index in [0.29, 0.717) is 22.0 Å². The van der Waals surface area contributed by atoms with Crippen LogP contribution in [0, 0.1) is 12.8 Å². The van der Waals surface area contributed by atoms with Crippen LogP contribution >= 0.6 is 22.9 Å². The molecule has 5 nitrogen and oxygen atoms in total. The van der Waals surface area contributed by atoms with Crippen molar-refractivity contribution < 1.29 is 4.79 Å². The van der Waals surface area contributed by atoms with Gasteiger partial charge < -0.3 is 5.32 Å². The lowest BCUT2D eigenvalue weighted by molar-refractivity contribution is -0.118. The minimum atomic E-state index is -0.678. The first-order valence-electron chi connectivity index (χ1n) is 9.43. The van der Waals surface area contributed by atoms with Crippen molar-refractivity contribution in [3.05, 3.63) is 55.9 Å². The normalized spacial score (nSPS) is 17.4. The number of carbonyl (C=O) groups excluding carboxylic acids is 1. The van der Waals surface area contributed by atoms with Crippen LogP contribution in [0.25, 0.3) is 10.2 Å². The average Bonchev–Trinajstić information content (AvgIpc) is 3.02. The minimum Gasteiger partial charge on any atom is -0.324 e. The molecule has 0 fully saturated rings. The zero-order chi connectivity index (χ0) is 20.0. The first-order valence-corrected chi connectivity index (χ1v) is 10.6. The molecule has 1 aliphatic carbocycles. The molecular weight excluding hydrogens is 394 g/mol. The molecule has 0 radical (unpaired) electrons. The monoisotopic (exact) mass is 415 g/mol. The summed E-state index contributed by atoms with van der Waals surface area (Å²) in [6, 6.07) is 4.68. The van der Waals surface area contributed by atoms with Crippen molar-refractivity contribution in [1.82, 2.24) is 9.55 Å². The van der Waals surface area contributed by atoms with Gasteiger partial charge in [0, 0.05) is 15.6 Å². The summed E-state index contributed by atoms with van der Waals surface area (Å²) in [6.07, 6.45) is 4.47.